The Morgan fingerprint density at radius 3 is 2.12 bits per heavy atom. The lowest BCUT2D eigenvalue weighted by molar-refractivity contribution is -0.199. The summed E-state index contributed by atoms with van der Waals surface area (Å²) in [6.07, 6.45) is 24.3. The molecule has 9 nitrogen and oxygen atoms in total. The summed E-state index contributed by atoms with van der Waals surface area (Å²) >= 11 is 0. The molecule has 286 valence electrons. The molecule has 1 heterocycles. The van der Waals surface area contributed by atoms with E-state index in [0.29, 0.717) is 32.1 Å². The Balaban J connectivity index is 2.17. The molecule has 0 bridgehead atoms. The first kappa shape index (κ1) is 45.2. The fourth-order valence-electron chi connectivity index (χ4n) is 6.10. The number of carbonyl (C=O) groups is 2. The van der Waals surface area contributed by atoms with Crippen LogP contribution < -0.4 is 0 Å². The summed E-state index contributed by atoms with van der Waals surface area (Å²) in [7, 11) is 0. The maximum Gasteiger partial charge on any atom is 0.306 e. The van der Waals surface area contributed by atoms with E-state index < -0.39 is 43.3 Å². The molecule has 1 rings (SSSR count). The average molecular weight is 697 g/mol. The lowest BCUT2D eigenvalue weighted by atomic mass is 9.87. The third-order valence-electron chi connectivity index (χ3n) is 9.58. The minimum atomic E-state index is -1.05. The number of rotatable bonds is 30. The van der Waals surface area contributed by atoms with Crippen molar-refractivity contribution in [3.8, 4) is 0 Å². The fraction of sp³-hybridized carbons (Fsp3) is 0.850. The molecule has 0 spiro atoms. The van der Waals surface area contributed by atoms with Crippen LogP contribution in [0, 0.1) is 11.8 Å². The van der Waals surface area contributed by atoms with Gasteiger partial charge in [-0.15, -0.1) is 0 Å². The molecule has 0 aromatic rings. The van der Waals surface area contributed by atoms with Crippen LogP contribution in [-0.2, 0) is 23.8 Å². The highest BCUT2D eigenvalue weighted by molar-refractivity contribution is 5.70. The van der Waals surface area contributed by atoms with Gasteiger partial charge in [-0.1, -0.05) is 135 Å². The summed E-state index contributed by atoms with van der Waals surface area (Å²) in [5.41, 5.74) is 0. The number of esters is 2. The minimum absolute atomic E-state index is 0.133. The van der Waals surface area contributed by atoms with E-state index in [-0.39, 0.29) is 31.3 Å². The summed E-state index contributed by atoms with van der Waals surface area (Å²) < 4.78 is 16.2. The molecule has 49 heavy (non-hydrogen) atoms. The molecule has 0 amide bonds. The number of hydrogen-bond donors (Lipinski definition) is 4. The van der Waals surface area contributed by atoms with Gasteiger partial charge in [-0.25, -0.2) is 0 Å². The average Bonchev–Trinajstić information content (AvgIpc) is 3.08. The number of carbonyl (C=O) groups excluding carboxylic acids is 2. The van der Waals surface area contributed by atoms with Crippen molar-refractivity contribution in [1.82, 2.24) is 0 Å². The van der Waals surface area contributed by atoms with Gasteiger partial charge < -0.3 is 34.6 Å². The highest BCUT2D eigenvalue weighted by atomic mass is 16.6. The number of unbranched alkanes of at least 4 members (excludes halogenated alkanes) is 12. The van der Waals surface area contributed by atoms with Gasteiger partial charge >= 0.3 is 11.9 Å². The Bertz CT molecular complexity index is 876. The van der Waals surface area contributed by atoms with Gasteiger partial charge in [0.25, 0.3) is 0 Å². The number of allylic oxidation sites excluding steroid dienone is 2. The molecular formula is C40H72O9. The van der Waals surface area contributed by atoms with Gasteiger partial charge in [-0.05, 0) is 38.0 Å². The van der Waals surface area contributed by atoms with Gasteiger partial charge in [0.05, 0.1) is 24.9 Å². The summed E-state index contributed by atoms with van der Waals surface area (Å²) in [6.45, 7) is 6.15. The van der Waals surface area contributed by atoms with Crippen LogP contribution in [0.4, 0.5) is 0 Å². The van der Waals surface area contributed by atoms with E-state index in [4.69, 9.17) is 14.2 Å². The zero-order chi connectivity index (χ0) is 36.1. The van der Waals surface area contributed by atoms with Crippen LogP contribution in [0.25, 0.3) is 0 Å². The monoisotopic (exact) mass is 697 g/mol. The van der Waals surface area contributed by atoms with Crippen molar-refractivity contribution < 1.29 is 44.2 Å². The maximum absolute atomic E-state index is 12.3. The summed E-state index contributed by atoms with van der Waals surface area (Å²) in [5, 5.41) is 40.3. The number of aliphatic hydroxyl groups is 4. The van der Waals surface area contributed by atoms with Crippen LogP contribution in [-0.4, -0.2) is 76.3 Å². The van der Waals surface area contributed by atoms with Crippen LogP contribution in [0.2, 0.25) is 0 Å². The molecular weight excluding hydrogens is 624 g/mol. The molecule has 2 unspecified atom stereocenters. The van der Waals surface area contributed by atoms with Crippen LogP contribution >= 0.6 is 0 Å². The summed E-state index contributed by atoms with van der Waals surface area (Å²) in [4.78, 5) is 24.4. The largest absolute Gasteiger partial charge is 0.462 e. The van der Waals surface area contributed by atoms with Gasteiger partial charge in [-0.3, -0.25) is 9.59 Å². The second-order valence-corrected chi connectivity index (χ2v) is 14.1. The Kier molecular flexibility index (Phi) is 27.6. The summed E-state index contributed by atoms with van der Waals surface area (Å²) in [5.74, 6) is -0.190. The molecule has 1 aliphatic heterocycles. The van der Waals surface area contributed by atoms with E-state index in [9.17, 15) is 30.0 Å². The Hall–Kier alpha value is -1.78. The molecule has 0 aliphatic carbocycles. The molecule has 0 radical (unpaired) electrons. The SMILES string of the molecule is CCCCC[C@H](O)/C=C/[C@H]1OC(O)C[C@H](O)[C@@H]1C/C=C\CCCC(=O)O[C@@H](CO)COC(=O)CCCCCCCCCCCCC(C)CC. The van der Waals surface area contributed by atoms with E-state index in [2.05, 4.69) is 20.8 Å². The van der Waals surface area contributed by atoms with E-state index in [0.717, 1.165) is 44.4 Å². The molecule has 4 N–H and O–H groups in total. The Morgan fingerprint density at radius 2 is 1.47 bits per heavy atom. The Labute approximate surface area is 297 Å². The molecule has 0 aromatic carbocycles. The van der Waals surface area contributed by atoms with Crippen LogP contribution in [0.3, 0.4) is 0 Å². The molecule has 1 fully saturated rings. The molecule has 0 saturated carbocycles. The van der Waals surface area contributed by atoms with Crippen molar-refractivity contribution >= 4 is 11.9 Å². The molecule has 1 saturated heterocycles. The second-order valence-electron chi connectivity index (χ2n) is 14.1. The van der Waals surface area contributed by atoms with Crippen LogP contribution in [0.5, 0.6) is 0 Å². The number of aliphatic hydroxyl groups excluding tert-OH is 4. The number of hydrogen-bond acceptors (Lipinski definition) is 9. The van der Waals surface area contributed by atoms with Gasteiger partial charge in [-0.2, -0.15) is 0 Å². The molecule has 1 aliphatic rings. The predicted molar refractivity (Wildman–Crippen MR) is 195 cm³/mol. The van der Waals surface area contributed by atoms with Gasteiger partial charge in [0.1, 0.15) is 6.61 Å². The number of ether oxygens (including phenoxy) is 3. The van der Waals surface area contributed by atoms with Gasteiger partial charge in [0.15, 0.2) is 12.4 Å². The highest BCUT2D eigenvalue weighted by Gasteiger charge is 2.35. The lowest BCUT2D eigenvalue weighted by Gasteiger charge is -2.36. The quantitative estimate of drug-likeness (QED) is 0.0335. The van der Waals surface area contributed by atoms with E-state index in [1.807, 2.05) is 12.2 Å². The smallest absolute Gasteiger partial charge is 0.306 e. The van der Waals surface area contributed by atoms with Gasteiger partial charge in [0, 0.05) is 25.2 Å². The topological polar surface area (TPSA) is 143 Å². The standard InChI is InChI=1S/C40H72O9/c1-4-6-17-23-33(42)27-28-37-35(36(43)29-40(46)49-37)24-19-15-16-21-26-39(45)48-34(30-41)31-47-38(44)25-20-14-12-10-8-7-9-11-13-18-22-32(3)5-2/h15,19,27-28,32-37,40-43,46H,4-14,16-18,20-26,29-31H2,1-3H3/b19-15-,28-27+/t32?,33-,34-,35-,36-,37+,40?/m0/s1. The van der Waals surface area contributed by atoms with Crippen molar-refractivity contribution in [2.45, 2.75) is 193 Å². The van der Waals surface area contributed by atoms with Crippen LogP contribution in [0.1, 0.15) is 162 Å². The zero-order valence-corrected chi connectivity index (χ0v) is 31.2. The first-order valence-corrected chi connectivity index (χ1v) is 19.7. The van der Waals surface area contributed by atoms with Crippen molar-refractivity contribution in [3.63, 3.8) is 0 Å². The molecule has 0 aromatic heterocycles. The summed E-state index contributed by atoms with van der Waals surface area (Å²) in [6, 6.07) is 0. The van der Waals surface area contributed by atoms with Crippen molar-refractivity contribution in [2.24, 2.45) is 11.8 Å². The van der Waals surface area contributed by atoms with Gasteiger partial charge in [0.2, 0.25) is 0 Å². The molecule has 9 heteroatoms. The zero-order valence-electron chi connectivity index (χ0n) is 31.2. The predicted octanol–water partition coefficient (Wildman–Crippen LogP) is 7.86. The first-order chi connectivity index (χ1) is 23.7. The highest BCUT2D eigenvalue weighted by Crippen LogP contribution is 2.29. The first-order valence-electron chi connectivity index (χ1n) is 19.7. The second kappa shape index (κ2) is 29.9. The molecule has 7 atom stereocenters. The maximum atomic E-state index is 12.3. The van der Waals surface area contributed by atoms with E-state index in [1.165, 1.54) is 57.8 Å². The minimum Gasteiger partial charge on any atom is -0.462 e. The van der Waals surface area contributed by atoms with Crippen LogP contribution in [0.15, 0.2) is 24.3 Å². The third kappa shape index (κ3) is 24.1. The fourth-order valence-corrected chi connectivity index (χ4v) is 6.10. The normalized spacial score (nSPS) is 21.6. The lowest BCUT2D eigenvalue weighted by Crippen LogP contribution is -2.43. The third-order valence-corrected chi connectivity index (χ3v) is 9.58. The van der Waals surface area contributed by atoms with Crippen molar-refractivity contribution in [3.05, 3.63) is 24.3 Å². The van der Waals surface area contributed by atoms with E-state index >= 15 is 0 Å². The van der Waals surface area contributed by atoms with Crippen molar-refractivity contribution in [2.75, 3.05) is 13.2 Å². The van der Waals surface area contributed by atoms with Crippen molar-refractivity contribution in [1.29, 1.82) is 0 Å². The Morgan fingerprint density at radius 1 is 0.837 bits per heavy atom. The van der Waals surface area contributed by atoms with E-state index in [1.54, 1.807) is 12.2 Å².